The molecule has 1 aromatic carbocycles. The average molecular weight is 365 g/mol. The minimum absolute atomic E-state index is 0.0634. The summed E-state index contributed by atoms with van der Waals surface area (Å²) >= 11 is 5.86. The van der Waals surface area contributed by atoms with E-state index >= 15 is 0 Å². The number of halogens is 1. The third-order valence-electron chi connectivity index (χ3n) is 4.08. The van der Waals surface area contributed by atoms with E-state index in [0.717, 1.165) is 24.9 Å². The molecule has 1 aromatic heterocycles. The second kappa shape index (κ2) is 8.42. The molecule has 0 radical (unpaired) electrons. The van der Waals surface area contributed by atoms with Crippen molar-refractivity contribution in [2.24, 2.45) is 0 Å². The quantitative estimate of drug-likeness (QED) is 0.807. The highest BCUT2D eigenvalue weighted by molar-refractivity contribution is 6.30. The first-order valence-electron chi connectivity index (χ1n) is 8.36. The van der Waals surface area contributed by atoms with E-state index in [1.807, 2.05) is 17.0 Å². The lowest BCUT2D eigenvalue weighted by Gasteiger charge is -2.29. The zero-order chi connectivity index (χ0) is 17.6. The van der Waals surface area contributed by atoms with E-state index in [1.54, 1.807) is 12.1 Å². The maximum Gasteiger partial charge on any atom is 0.234 e. The minimum Gasteiger partial charge on any atom is -0.392 e. The van der Waals surface area contributed by atoms with Crippen LogP contribution in [0.1, 0.15) is 18.7 Å². The van der Waals surface area contributed by atoms with Crippen LogP contribution in [0.2, 0.25) is 5.02 Å². The predicted octanol–water partition coefficient (Wildman–Crippen LogP) is 1.51. The summed E-state index contributed by atoms with van der Waals surface area (Å²) in [6, 6.07) is 7.19. The molecule has 2 N–H and O–H groups in total. The molecule has 1 atom stereocenters. The Bertz CT molecular complexity index is 704. The molecule has 0 bridgehead atoms. The number of likely N-dealkylation sites (tertiary alicyclic amines) is 1. The van der Waals surface area contributed by atoms with E-state index in [0.29, 0.717) is 42.8 Å². The second-order valence-corrected chi connectivity index (χ2v) is 6.59. The molecule has 2 aromatic rings. The van der Waals surface area contributed by atoms with Crippen LogP contribution in [-0.2, 0) is 11.2 Å². The first-order valence-corrected chi connectivity index (χ1v) is 8.73. The molecule has 1 fully saturated rings. The summed E-state index contributed by atoms with van der Waals surface area (Å²) in [7, 11) is 0. The van der Waals surface area contributed by atoms with Crippen molar-refractivity contribution in [3.05, 3.63) is 35.2 Å². The summed E-state index contributed by atoms with van der Waals surface area (Å²) in [5.41, 5.74) is 0.826. The zero-order valence-corrected chi connectivity index (χ0v) is 14.6. The smallest absolute Gasteiger partial charge is 0.234 e. The van der Waals surface area contributed by atoms with Crippen molar-refractivity contribution in [1.82, 2.24) is 20.4 Å². The van der Waals surface area contributed by atoms with E-state index in [-0.39, 0.29) is 12.0 Å². The third-order valence-corrected chi connectivity index (χ3v) is 4.33. The Labute approximate surface area is 151 Å². The summed E-state index contributed by atoms with van der Waals surface area (Å²) in [6.07, 6.45) is 1.87. The summed E-state index contributed by atoms with van der Waals surface area (Å²) in [6.45, 7) is 2.13. The predicted molar refractivity (Wildman–Crippen MR) is 93.1 cm³/mol. The highest BCUT2D eigenvalue weighted by atomic mass is 35.5. The fraction of sp³-hybridized carbons (Fsp3) is 0.471. The van der Waals surface area contributed by atoms with Crippen LogP contribution in [0.5, 0.6) is 0 Å². The Morgan fingerprint density at radius 3 is 2.96 bits per heavy atom. The first-order chi connectivity index (χ1) is 12.1. The highest BCUT2D eigenvalue weighted by Gasteiger charge is 2.19. The second-order valence-electron chi connectivity index (χ2n) is 6.15. The van der Waals surface area contributed by atoms with Crippen LogP contribution in [0.4, 0.5) is 0 Å². The fourth-order valence-electron chi connectivity index (χ4n) is 2.82. The number of carbonyl (C=O) groups is 1. The van der Waals surface area contributed by atoms with Gasteiger partial charge in [-0.3, -0.25) is 9.69 Å². The number of benzene rings is 1. The third kappa shape index (κ3) is 5.26. The molecular formula is C17H21ClN4O3. The molecule has 0 unspecified atom stereocenters. The Balaban J connectivity index is 1.43. The molecule has 2 heterocycles. The number of nitrogens with zero attached hydrogens (tertiary/aromatic N) is 3. The molecule has 7 nitrogen and oxygen atoms in total. The lowest BCUT2D eigenvalue weighted by atomic mass is 10.1. The normalized spacial score (nSPS) is 18.2. The number of amides is 1. The van der Waals surface area contributed by atoms with Crippen LogP contribution in [0, 0.1) is 0 Å². The number of rotatable bonds is 6. The number of piperidine rings is 1. The van der Waals surface area contributed by atoms with Gasteiger partial charge in [0.15, 0.2) is 0 Å². The van der Waals surface area contributed by atoms with Gasteiger partial charge >= 0.3 is 0 Å². The Kier molecular flexibility index (Phi) is 6.01. The van der Waals surface area contributed by atoms with Gasteiger partial charge < -0.3 is 14.9 Å². The Morgan fingerprint density at radius 2 is 2.20 bits per heavy atom. The maximum atomic E-state index is 12.0. The summed E-state index contributed by atoms with van der Waals surface area (Å²) in [5, 5.41) is 17.1. The molecule has 3 rings (SSSR count). The van der Waals surface area contributed by atoms with Gasteiger partial charge in [0.05, 0.1) is 12.6 Å². The summed E-state index contributed by atoms with van der Waals surface area (Å²) < 4.78 is 5.21. The van der Waals surface area contributed by atoms with Crippen LogP contribution in [0.3, 0.4) is 0 Å². The van der Waals surface area contributed by atoms with Gasteiger partial charge in [-0.1, -0.05) is 16.8 Å². The van der Waals surface area contributed by atoms with Crippen molar-refractivity contribution in [3.63, 3.8) is 0 Å². The van der Waals surface area contributed by atoms with Gasteiger partial charge in [-0.05, 0) is 43.7 Å². The number of nitrogens with one attached hydrogen (secondary N) is 1. The SMILES string of the molecule is O=C(CN1CCC[C@@H](O)C1)NCCc1nc(-c2ccc(Cl)cc2)no1. The molecule has 0 aliphatic carbocycles. The molecule has 8 heteroatoms. The average Bonchev–Trinajstić information content (AvgIpc) is 3.04. The molecule has 134 valence electrons. The van der Waals surface area contributed by atoms with E-state index in [9.17, 15) is 9.90 Å². The largest absolute Gasteiger partial charge is 0.392 e. The molecule has 1 aliphatic heterocycles. The minimum atomic E-state index is -0.328. The van der Waals surface area contributed by atoms with Crippen LogP contribution in [-0.4, -0.2) is 58.3 Å². The van der Waals surface area contributed by atoms with Gasteiger partial charge in [0.25, 0.3) is 0 Å². The molecular weight excluding hydrogens is 344 g/mol. The van der Waals surface area contributed by atoms with Crippen LogP contribution in [0.25, 0.3) is 11.4 Å². The van der Waals surface area contributed by atoms with Gasteiger partial charge in [0.1, 0.15) is 0 Å². The number of carbonyl (C=O) groups excluding carboxylic acids is 1. The van der Waals surface area contributed by atoms with Gasteiger partial charge in [0, 0.05) is 30.1 Å². The molecule has 0 spiro atoms. The van der Waals surface area contributed by atoms with Crippen molar-refractivity contribution in [2.45, 2.75) is 25.4 Å². The summed E-state index contributed by atoms with van der Waals surface area (Å²) in [4.78, 5) is 18.2. The number of aliphatic hydroxyl groups is 1. The van der Waals surface area contributed by atoms with Crippen LogP contribution in [0.15, 0.2) is 28.8 Å². The summed E-state index contributed by atoms with van der Waals surface area (Å²) in [5.74, 6) is 0.908. The van der Waals surface area contributed by atoms with Gasteiger partial charge in [-0.25, -0.2) is 0 Å². The first kappa shape index (κ1) is 17.8. The van der Waals surface area contributed by atoms with Crippen molar-refractivity contribution >= 4 is 17.5 Å². The van der Waals surface area contributed by atoms with Gasteiger partial charge in [0.2, 0.25) is 17.6 Å². The monoisotopic (exact) mass is 364 g/mol. The van der Waals surface area contributed by atoms with Crippen molar-refractivity contribution in [1.29, 1.82) is 0 Å². The Hall–Kier alpha value is -1.96. The van der Waals surface area contributed by atoms with Gasteiger partial charge in [-0.2, -0.15) is 4.98 Å². The van der Waals surface area contributed by atoms with Crippen molar-refractivity contribution in [2.75, 3.05) is 26.2 Å². The standard InChI is InChI=1S/C17H21ClN4O3/c18-13-5-3-12(4-6-13)17-20-16(25-21-17)7-8-19-15(24)11-22-9-1-2-14(23)10-22/h3-6,14,23H,1-2,7-11H2,(H,19,24)/t14-/m1/s1. The van der Waals surface area contributed by atoms with Crippen molar-refractivity contribution in [3.8, 4) is 11.4 Å². The molecule has 1 saturated heterocycles. The number of hydrogen-bond acceptors (Lipinski definition) is 6. The number of β-amino-alcohol motifs (C(OH)–C–C–N with tert-alkyl or cyclic N) is 1. The molecule has 25 heavy (non-hydrogen) atoms. The van der Waals surface area contributed by atoms with Crippen LogP contribution >= 0.6 is 11.6 Å². The number of hydrogen-bond donors (Lipinski definition) is 2. The van der Waals surface area contributed by atoms with E-state index < -0.39 is 0 Å². The van der Waals surface area contributed by atoms with E-state index in [2.05, 4.69) is 15.5 Å². The Morgan fingerprint density at radius 1 is 1.40 bits per heavy atom. The maximum absolute atomic E-state index is 12.0. The number of aliphatic hydroxyl groups excluding tert-OH is 1. The zero-order valence-electron chi connectivity index (χ0n) is 13.8. The molecule has 1 amide bonds. The fourth-order valence-corrected chi connectivity index (χ4v) is 2.94. The van der Waals surface area contributed by atoms with E-state index in [1.165, 1.54) is 0 Å². The number of aromatic nitrogens is 2. The topological polar surface area (TPSA) is 91.5 Å². The van der Waals surface area contributed by atoms with E-state index in [4.69, 9.17) is 16.1 Å². The van der Waals surface area contributed by atoms with Crippen LogP contribution < -0.4 is 5.32 Å². The van der Waals surface area contributed by atoms with Crippen molar-refractivity contribution < 1.29 is 14.4 Å². The van der Waals surface area contributed by atoms with Gasteiger partial charge in [-0.15, -0.1) is 0 Å². The lowest BCUT2D eigenvalue weighted by Crippen LogP contribution is -2.44. The lowest BCUT2D eigenvalue weighted by molar-refractivity contribution is -0.122. The molecule has 0 saturated carbocycles. The highest BCUT2D eigenvalue weighted by Crippen LogP contribution is 2.18. The molecule has 1 aliphatic rings.